The van der Waals surface area contributed by atoms with Crippen LogP contribution >= 0.6 is 11.6 Å². The van der Waals surface area contributed by atoms with Crippen LogP contribution in [-0.4, -0.2) is 52.9 Å². The second kappa shape index (κ2) is 11.0. The highest BCUT2D eigenvalue weighted by Crippen LogP contribution is 2.34. The first-order valence-electron chi connectivity index (χ1n) is 8.97. The van der Waals surface area contributed by atoms with Crippen molar-refractivity contribution in [2.75, 3.05) is 58.2 Å². The van der Waals surface area contributed by atoms with Crippen LogP contribution in [0, 0.1) is 0 Å². The number of para-hydroxylation sites is 2. The molecule has 1 aliphatic heterocycles. The Morgan fingerprint density at radius 2 is 1.19 bits per heavy atom. The van der Waals surface area contributed by atoms with Gasteiger partial charge >= 0.3 is 0 Å². The molecule has 0 fully saturated rings. The van der Waals surface area contributed by atoms with E-state index >= 15 is 0 Å². The van der Waals surface area contributed by atoms with Crippen LogP contribution in [-0.2, 0) is 14.2 Å². The van der Waals surface area contributed by atoms with E-state index in [2.05, 4.69) is 5.32 Å². The van der Waals surface area contributed by atoms with Crippen molar-refractivity contribution in [3.8, 4) is 11.5 Å². The Morgan fingerprint density at radius 3 is 1.85 bits per heavy atom. The SMILES string of the molecule is Clc1ccc2c(c1)Nc1ccccc1OCCOCCOCCOCCO2. The summed E-state index contributed by atoms with van der Waals surface area (Å²) in [7, 11) is 0. The third-order valence-electron chi connectivity index (χ3n) is 3.81. The van der Waals surface area contributed by atoms with Gasteiger partial charge < -0.3 is 29.0 Å². The van der Waals surface area contributed by atoms with Gasteiger partial charge in [0.05, 0.1) is 51.0 Å². The van der Waals surface area contributed by atoms with Crippen LogP contribution in [0.2, 0.25) is 5.02 Å². The summed E-state index contributed by atoms with van der Waals surface area (Å²) in [6, 6.07) is 13.2. The largest absolute Gasteiger partial charge is 0.489 e. The van der Waals surface area contributed by atoms with Gasteiger partial charge in [-0.1, -0.05) is 23.7 Å². The molecule has 0 aliphatic carbocycles. The molecule has 2 aromatic carbocycles. The molecule has 0 atom stereocenters. The minimum Gasteiger partial charge on any atom is -0.489 e. The number of hydrogen-bond acceptors (Lipinski definition) is 6. The maximum absolute atomic E-state index is 6.17. The Labute approximate surface area is 164 Å². The second-order valence-electron chi connectivity index (χ2n) is 5.80. The molecular weight excluding hydrogens is 370 g/mol. The lowest BCUT2D eigenvalue weighted by atomic mass is 10.2. The van der Waals surface area contributed by atoms with Crippen LogP contribution in [0.5, 0.6) is 11.5 Å². The molecule has 0 bridgehead atoms. The summed E-state index contributed by atoms with van der Waals surface area (Å²) in [5, 5.41) is 3.97. The molecule has 0 spiro atoms. The van der Waals surface area contributed by atoms with Crippen LogP contribution in [0.3, 0.4) is 0 Å². The maximum Gasteiger partial charge on any atom is 0.142 e. The average molecular weight is 394 g/mol. The smallest absolute Gasteiger partial charge is 0.142 e. The predicted octanol–water partition coefficient (Wildman–Crippen LogP) is 3.90. The molecule has 0 radical (unpaired) electrons. The van der Waals surface area contributed by atoms with Gasteiger partial charge in [0.2, 0.25) is 0 Å². The number of ether oxygens (including phenoxy) is 5. The van der Waals surface area contributed by atoms with E-state index in [1.807, 2.05) is 36.4 Å². The van der Waals surface area contributed by atoms with Gasteiger partial charge in [-0.05, 0) is 30.3 Å². The predicted molar refractivity (Wildman–Crippen MR) is 105 cm³/mol. The first kappa shape index (κ1) is 19.8. The first-order valence-corrected chi connectivity index (χ1v) is 9.35. The molecule has 7 heteroatoms. The van der Waals surface area contributed by atoms with E-state index in [4.69, 9.17) is 35.3 Å². The summed E-state index contributed by atoms with van der Waals surface area (Å²) in [6.07, 6.45) is 0. The Balaban J connectivity index is 1.75. The standard InChI is InChI=1S/C20H24ClNO5/c21-16-5-6-20-18(15-16)22-17-3-1-2-4-19(17)26-13-11-24-9-7-23-8-10-25-12-14-27-20/h1-6,15,22H,7-14H2. The molecule has 3 rings (SSSR count). The summed E-state index contributed by atoms with van der Waals surface area (Å²) in [5.41, 5.74) is 1.59. The molecule has 0 unspecified atom stereocenters. The van der Waals surface area contributed by atoms with Crippen molar-refractivity contribution < 1.29 is 23.7 Å². The van der Waals surface area contributed by atoms with Gasteiger partial charge in [0.15, 0.2) is 0 Å². The van der Waals surface area contributed by atoms with Crippen LogP contribution in [0.25, 0.3) is 0 Å². The zero-order chi connectivity index (χ0) is 18.7. The van der Waals surface area contributed by atoms with Gasteiger partial charge in [0.25, 0.3) is 0 Å². The molecule has 27 heavy (non-hydrogen) atoms. The first-order chi connectivity index (χ1) is 13.3. The monoisotopic (exact) mass is 393 g/mol. The molecule has 1 heterocycles. The second-order valence-corrected chi connectivity index (χ2v) is 6.23. The van der Waals surface area contributed by atoms with Crippen molar-refractivity contribution in [3.05, 3.63) is 47.5 Å². The number of fused-ring (bicyclic) bond motifs is 2. The summed E-state index contributed by atoms with van der Waals surface area (Å²) < 4.78 is 28.2. The number of benzene rings is 2. The van der Waals surface area contributed by atoms with Crippen molar-refractivity contribution in [1.82, 2.24) is 0 Å². The van der Waals surface area contributed by atoms with Crippen molar-refractivity contribution >= 4 is 23.0 Å². The number of nitrogens with one attached hydrogen (secondary N) is 1. The van der Waals surface area contributed by atoms with E-state index in [0.29, 0.717) is 63.6 Å². The quantitative estimate of drug-likeness (QED) is 0.732. The number of halogens is 1. The molecule has 2 aromatic rings. The van der Waals surface area contributed by atoms with Crippen LogP contribution in [0.4, 0.5) is 11.4 Å². The minimum absolute atomic E-state index is 0.428. The van der Waals surface area contributed by atoms with Gasteiger partial charge in [-0.2, -0.15) is 0 Å². The lowest BCUT2D eigenvalue weighted by Crippen LogP contribution is -2.15. The van der Waals surface area contributed by atoms with Crippen molar-refractivity contribution in [3.63, 3.8) is 0 Å². The van der Waals surface area contributed by atoms with Gasteiger partial charge in [-0.15, -0.1) is 0 Å². The summed E-state index contributed by atoms with van der Waals surface area (Å²) in [6.45, 7) is 3.94. The number of rotatable bonds is 0. The van der Waals surface area contributed by atoms with Crippen molar-refractivity contribution in [2.24, 2.45) is 0 Å². The molecule has 146 valence electrons. The highest BCUT2D eigenvalue weighted by molar-refractivity contribution is 6.31. The average Bonchev–Trinajstić information content (AvgIpc) is 2.67. The van der Waals surface area contributed by atoms with E-state index in [1.165, 1.54) is 0 Å². The summed E-state index contributed by atoms with van der Waals surface area (Å²) in [4.78, 5) is 0. The molecular formula is C20H24ClNO5. The third-order valence-corrected chi connectivity index (χ3v) is 4.05. The normalized spacial score (nSPS) is 17.1. The fourth-order valence-electron chi connectivity index (χ4n) is 2.53. The molecule has 0 amide bonds. The number of anilines is 2. The zero-order valence-corrected chi connectivity index (χ0v) is 15.9. The highest BCUT2D eigenvalue weighted by Gasteiger charge is 2.09. The molecule has 0 aromatic heterocycles. The van der Waals surface area contributed by atoms with E-state index in [9.17, 15) is 0 Å². The minimum atomic E-state index is 0.428. The lowest BCUT2D eigenvalue weighted by molar-refractivity contribution is 0.00500. The third kappa shape index (κ3) is 6.59. The topological polar surface area (TPSA) is 58.2 Å². The van der Waals surface area contributed by atoms with Gasteiger partial charge in [-0.25, -0.2) is 0 Å². The van der Waals surface area contributed by atoms with Gasteiger partial charge in [0, 0.05) is 5.02 Å². The Bertz CT molecular complexity index is 713. The van der Waals surface area contributed by atoms with E-state index in [1.54, 1.807) is 6.07 Å². The molecule has 0 saturated carbocycles. The fourth-order valence-corrected chi connectivity index (χ4v) is 2.70. The van der Waals surface area contributed by atoms with Crippen LogP contribution < -0.4 is 14.8 Å². The van der Waals surface area contributed by atoms with E-state index < -0.39 is 0 Å². The van der Waals surface area contributed by atoms with E-state index in [0.717, 1.165) is 17.1 Å². The van der Waals surface area contributed by atoms with Crippen LogP contribution in [0.1, 0.15) is 0 Å². The van der Waals surface area contributed by atoms with Crippen molar-refractivity contribution in [1.29, 1.82) is 0 Å². The molecule has 1 N–H and O–H groups in total. The summed E-state index contributed by atoms with van der Waals surface area (Å²) >= 11 is 6.17. The zero-order valence-electron chi connectivity index (χ0n) is 15.1. The lowest BCUT2D eigenvalue weighted by Gasteiger charge is -2.17. The molecule has 6 nitrogen and oxygen atoms in total. The highest BCUT2D eigenvalue weighted by atomic mass is 35.5. The van der Waals surface area contributed by atoms with Gasteiger partial charge in [-0.3, -0.25) is 0 Å². The van der Waals surface area contributed by atoms with Crippen LogP contribution in [0.15, 0.2) is 42.5 Å². The Hall–Kier alpha value is -1.99. The van der Waals surface area contributed by atoms with Crippen molar-refractivity contribution in [2.45, 2.75) is 0 Å². The summed E-state index contributed by atoms with van der Waals surface area (Å²) in [5.74, 6) is 1.42. The maximum atomic E-state index is 6.17. The Kier molecular flexibility index (Phi) is 8.04. The molecule has 1 aliphatic rings. The Morgan fingerprint density at radius 1 is 0.630 bits per heavy atom. The number of hydrogen-bond donors (Lipinski definition) is 1. The van der Waals surface area contributed by atoms with E-state index in [-0.39, 0.29) is 0 Å². The fraction of sp³-hybridized carbons (Fsp3) is 0.400. The van der Waals surface area contributed by atoms with Gasteiger partial charge in [0.1, 0.15) is 24.7 Å². The molecule has 0 saturated heterocycles.